The van der Waals surface area contributed by atoms with Gasteiger partial charge in [-0.2, -0.15) is 4.31 Å². The fourth-order valence-corrected chi connectivity index (χ4v) is 5.71. The number of anilines is 2. The number of benzene rings is 2. The fraction of sp³-hybridized carbons (Fsp3) is 0.400. The summed E-state index contributed by atoms with van der Waals surface area (Å²) in [5.74, 6) is 0. The summed E-state index contributed by atoms with van der Waals surface area (Å²) in [4.78, 5) is 0.0436. The first-order valence-corrected chi connectivity index (χ1v) is 13.3. The molecule has 0 bridgehead atoms. The van der Waals surface area contributed by atoms with Gasteiger partial charge >= 0.3 is 0 Å². The molecular weight excluding hydrogens is 462 g/mol. The Labute approximate surface area is 188 Å². The number of hydrogen-bond donors (Lipinski definition) is 2. The zero-order valence-electron chi connectivity index (χ0n) is 17.2. The summed E-state index contributed by atoms with van der Waals surface area (Å²) in [5.41, 5.74) is 0.673. The minimum atomic E-state index is -3.95. The van der Waals surface area contributed by atoms with Crippen LogP contribution in [0.1, 0.15) is 19.8 Å². The lowest BCUT2D eigenvalue weighted by Crippen LogP contribution is -2.40. The van der Waals surface area contributed by atoms with Crippen molar-refractivity contribution in [1.29, 1.82) is 0 Å². The summed E-state index contributed by atoms with van der Waals surface area (Å²) in [6.07, 6.45) is 1.85. The highest BCUT2D eigenvalue weighted by Crippen LogP contribution is 2.30. The molecule has 170 valence electrons. The average molecular weight is 488 g/mol. The third kappa shape index (κ3) is 5.89. The second kappa shape index (κ2) is 10.2. The van der Waals surface area contributed by atoms with Crippen LogP contribution < -0.4 is 10.0 Å². The molecule has 1 aliphatic heterocycles. The van der Waals surface area contributed by atoms with Crippen molar-refractivity contribution in [3.63, 3.8) is 0 Å². The molecule has 2 N–H and O–H groups in total. The number of nitrogens with zero attached hydrogens (tertiary/aromatic N) is 1. The molecule has 1 fully saturated rings. The van der Waals surface area contributed by atoms with E-state index in [1.807, 2.05) is 6.92 Å². The van der Waals surface area contributed by atoms with Gasteiger partial charge in [0.15, 0.2) is 0 Å². The summed E-state index contributed by atoms with van der Waals surface area (Å²) < 4.78 is 61.0. The van der Waals surface area contributed by atoms with E-state index >= 15 is 0 Å². The summed E-state index contributed by atoms with van der Waals surface area (Å²) in [6.45, 7) is 3.83. The summed E-state index contributed by atoms with van der Waals surface area (Å²) in [7, 11) is -7.73. The number of halogens is 1. The van der Waals surface area contributed by atoms with E-state index in [9.17, 15) is 16.8 Å². The topological polar surface area (TPSA) is 105 Å². The first-order valence-electron chi connectivity index (χ1n) is 9.98. The molecule has 2 aromatic rings. The van der Waals surface area contributed by atoms with E-state index in [1.54, 1.807) is 6.07 Å². The van der Waals surface area contributed by atoms with Gasteiger partial charge in [0, 0.05) is 24.7 Å². The minimum Gasteiger partial charge on any atom is -0.383 e. The quantitative estimate of drug-likeness (QED) is 0.525. The number of nitrogens with one attached hydrogen (secondary N) is 2. The second-order valence-electron chi connectivity index (χ2n) is 7.06. The molecule has 31 heavy (non-hydrogen) atoms. The highest BCUT2D eigenvalue weighted by Gasteiger charge is 2.27. The van der Waals surface area contributed by atoms with Crippen molar-refractivity contribution in [2.24, 2.45) is 0 Å². The molecular formula is C20H26ClN3O5S2. The number of morpholine rings is 1. The highest BCUT2D eigenvalue weighted by molar-refractivity contribution is 7.92. The lowest BCUT2D eigenvalue weighted by molar-refractivity contribution is 0.0730. The molecule has 1 aliphatic rings. The first-order chi connectivity index (χ1) is 14.7. The monoisotopic (exact) mass is 487 g/mol. The van der Waals surface area contributed by atoms with Crippen molar-refractivity contribution in [2.45, 2.75) is 29.6 Å². The largest absolute Gasteiger partial charge is 0.383 e. The number of unbranched alkanes of at least 4 members (excludes halogenated alkanes) is 1. The summed E-state index contributed by atoms with van der Waals surface area (Å²) in [5, 5.41) is 3.60. The molecule has 1 saturated heterocycles. The molecule has 0 radical (unpaired) electrons. The maximum atomic E-state index is 13.0. The Morgan fingerprint density at radius 2 is 1.61 bits per heavy atom. The Kier molecular flexibility index (Phi) is 7.82. The van der Waals surface area contributed by atoms with Gasteiger partial charge in [0.05, 0.1) is 34.4 Å². The molecule has 0 spiro atoms. The molecule has 8 nitrogen and oxygen atoms in total. The van der Waals surface area contributed by atoms with Crippen LogP contribution in [0.15, 0.2) is 52.3 Å². The minimum absolute atomic E-state index is 0.0178. The fourth-order valence-electron chi connectivity index (χ4n) is 3.08. The van der Waals surface area contributed by atoms with Crippen LogP contribution in [0.5, 0.6) is 0 Å². The molecule has 0 atom stereocenters. The maximum absolute atomic E-state index is 13.0. The Hall–Kier alpha value is -1.85. The second-order valence-corrected chi connectivity index (χ2v) is 11.1. The maximum Gasteiger partial charge on any atom is 0.261 e. The smallest absolute Gasteiger partial charge is 0.261 e. The van der Waals surface area contributed by atoms with E-state index in [0.29, 0.717) is 30.5 Å². The lowest BCUT2D eigenvalue weighted by Gasteiger charge is -2.26. The molecule has 2 aromatic carbocycles. The number of sulfonamides is 2. The Morgan fingerprint density at radius 1 is 0.968 bits per heavy atom. The van der Waals surface area contributed by atoms with E-state index in [2.05, 4.69) is 10.0 Å². The van der Waals surface area contributed by atoms with E-state index in [1.165, 1.54) is 40.7 Å². The SMILES string of the molecule is CCCCNc1ccc(S(=O)(=O)N2CCOCC2)cc1NS(=O)(=O)c1ccc(Cl)cc1. The van der Waals surface area contributed by atoms with E-state index < -0.39 is 20.0 Å². The van der Waals surface area contributed by atoms with Gasteiger partial charge in [-0.05, 0) is 48.9 Å². The van der Waals surface area contributed by atoms with Gasteiger partial charge in [-0.15, -0.1) is 0 Å². The molecule has 0 amide bonds. The van der Waals surface area contributed by atoms with E-state index in [0.717, 1.165) is 12.8 Å². The van der Waals surface area contributed by atoms with Crippen molar-refractivity contribution in [3.8, 4) is 0 Å². The molecule has 0 unspecified atom stereocenters. The first kappa shape index (κ1) is 23.8. The van der Waals surface area contributed by atoms with Gasteiger partial charge in [0.25, 0.3) is 10.0 Å². The predicted molar refractivity (Wildman–Crippen MR) is 122 cm³/mol. The predicted octanol–water partition coefficient (Wildman–Crippen LogP) is 3.37. The van der Waals surface area contributed by atoms with E-state index in [-0.39, 0.29) is 28.6 Å². The van der Waals surface area contributed by atoms with Crippen molar-refractivity contribution in [2.75, 3.05) is 42.9 Å². The third-order valence-electron chi connectivity index (χ3n) is 4.81. The third-order valence-corrected chi connectivity index (χ3v) is 8.34. The standard InChI is InChI=1S/C20H26ClN3O5S2/c1-2-3-10-22-19-9-8-18(31(27,28)24-11-13-29-14-12-24)15-20(19)23-30(25,26)17-6-4-16(21)5-7-17/h4-9,15,22-23H,2-3,10-14H2,1H3. The van der Waals surface area contributed by atoms with Crippen LogP contribution in [0.4, 0.5) is 11.4 Å². The Bertz CT molecular complexity index is 1100. The normalized spacial score (nSPS) is 15.5. The van der Waals surface area contributed by atoms with Crippen LogP contribution in [0.25, 0.3) is 0 Å². The van der Waals surface area contributed by atoms with Crippen molar-refractivity contribution in [3.05, 3.63) is 47.5 Å². The zero-order valence-corrected chi connectivity index (χ0v) is 19.6. The van der Waals surface area contributed by atoms with Crippen LogP contribution in [0.3, 0.4) is 0 Å². The van der Waals surface area contributed by atoms with Crippen molar-refractivity contribution >= 4 is 43.0 Å². The molecule has 0 aromatic heterocycles. The summed E-state index contributed by atoms with van der Waals surface area (Å²) >= 11 is 5.86. The van der Waals surface area contributed by atoms with Crippen LogP contribution in [-0.2, 0) is 24.8 Å². The number of hydrogen-bond acceptors (Lipinski definition) is 6. The van der Waals surface area contributed by atoms with Gasteiger partial charge in [-0.1, -0.05) is 24.9 Å². The lowest BCUT2D eigenvalue weighted by atomic mass is 10.2. The molecule has 1 heterocycles. The molecule has 0 aliphatic carbocycles. The van der Waals surface area contributed by atoms with Gasteiger partial charge in [0.2, 0.25) is 10.0 Å². The van der Waals surface area contributed by atoms with Crippen molar-refractivity contribution < 1.29 is 21.6 Å². The highest BCUT2D eigenvalue weighted by atomic mass is 35.5. The molecule has 11 heteroatoms. The van der Waals surface area contributed by atoms with E-state index in [4.69, 9.17) is 16.3 Å². The Balaban J connectivity index is 1.96. The van der Waals surface area contributed by atoms with Crippen LogP contribution in [0, 0.1) is 0 Å². The summed E-state index contributed by atoms with van der Waals surface area (Å²) in [6, 6.07) is 10.2. The van der Waals surface area contributed by atoms with Gasteiger partial charge < -0.3 is 10.1 Å². The van der Waals surface area contributed by atoms with Gasteiger partial charge in [-0.25, -0.2) is 16.8 Å². The zero-order chi connectivity index (χ0) is 22.5. The molecule has 3 rings (SSSR count). The van der Waals surface area contributed by atoms with Crippen LogP contribution >= 0.6 is 11.6 Å². The van der Waals surface area contributed by atoms with Gasteiger partial charge in [-0.3, -0.25) is 4.72 Å². The number of rotatable bonds is 9. The van der Waals surface area contributed by atoms with Crippen LogP contribution in [-0.4, -0.2) is 54.0 Å². The van der Waals surface area contributed by atoms with Gasteiger partial charge in [0.1, 0.15) is 0 Å². The molecule has 0 saturated carbocycles. The van der Waals surface area contributed by atoms with Crippen LogP contribution in [0.2, 0.25) is 5.02 Å². The number of ether oxygens (including phenoxy) is 1. The Morgan fingerprint density at radius 3 is 2.26 bits per heavy atom. The average Bonchev–Trinajstić information content (AvgIpc) is 2.75. The van der Waals surface area contributed by atoms with Crippen molar-refractivity contribution in [1.82, 2.24) is 4.31 Å².